The van der Waals surface area contributed by atoms with Crippen molar-refractivity contribution >= 4 is 11.6 Å². The van der Waals surface area contributed by atoms with Crippen molar-refractivity contribution < 1.29 is 9.47 Å². The van der Waals surface area contributed by atoms with Crippen molar-refractivity contribution in [2.75, 3.05) is 40.0 Å². The van der Waals surface area contributed by atoms with Crippen LogP contribution in [0.25, 0.3) is 0 Å². The molecule has 142 valence electrons. The van der Waals surface area contributed by atoms with E-state index >= 15 is 0 Å². The summed E-state index contributed by atoms with van der Waals surface area (Å²) in [7, 11) is 3.59. The number of nitrogens with zero attached hydrogens (tertiary/aromatic N) is 3. The normalized spacial score (nSPS) is 16.6. The van der Waals surface area contributed by atoms with E-state index in [2.05, 4.69) is 27.4 Å². The molecule has 1 atom stereocenters. The second kappa shape index (κ2) is 8.86. The molecule has 1 unspecified atom stereocenters. The van der Waals surface area contributed by atoms with Crippen LogP contribution < -0.4 is 10.1 Å². The lowest BCUT2D eigenvalue weighted by Crippen LogP contribution is -2.42. The van der Waals surface area contributed by atoms with Crippen LogP contribution in [0.1, 0.15) is 22.9 Å². The summed E-state index contributed by atoms with van der Waals surface area (Å²) in [4.78, 5) is 2.47. The Balaban J connectivity index is 1.71. The third-order valence-electron chi connectivity index (χ3n) is 4.86. The van der Waals surface area contributed by atoms with Crippen LogP contribution in [-0.4, -0.2) is 54.6 Å². The number of hydrogen-bond donors (Lipinski definition) is 1. The maximum atomic E-state index is 6.07. The van der Waals surface area contributed by atoms with Gasteiger partial charge in [-0.25, -0.2) is 4.68 Å². The van der Waals surface area contributed by atoms with Crippen LogP contribution in [0, 0.1) is 6.92 Å². The number of halogens is 1. The van der Waals surface area contributed by atoms with E-state index in [1.807, 2.05) is 26.1 Å². The van der Waals surface area contributed by atoms with Crippen molar-refractivity contribution in [2.45, 2.75) is 19.5 Å². The number of hydrogen-bond acceptors (Lipinski definition) is 5. The summed E-state index contributed by atoms with van der Waals surface area (Å²) < 4.78 is 12.8. The molecule has 1 aromatic heterocycles. The maximum Gasteiger partial charge on any atom is 0.216 e. The molecule has 0 radical (unpaired) electrons. The number of methoxy groups -OCH3 is 1. The molecule has 1 fully saturated rings. The van der Waals surface area contributed by atoms with Gasteiger partial charge in [-0.3, -0.25) is 4.90 Å². The lowest BCUT2D eigenvalue weighted by molar-refractivity contribution is 0.0161. The minimum absolute atomic E-state index is 0.277. The van der Waals surface area contributed by atoms with Crippen LogP contribution in [-0.2, 0) is 18.3 Å². The SMILES string of the molecule is COc1c(CNCC(c2ccc(Cl)cc2)N2CCOCC2)c(C)nn1C. The fourth-order valence-corrected chi connectivity index (χ4v) is 3.63. The van der Waals surface area contributed by atoms with E-state index < -0.39 is 0 Å². The average molecular weight is 379 g/mol. The van der Waals surface area contributed by atoms with E-state index in [4.69, 9.17) is 21.1 Å². The number of rotatable bonds is 7. The van der Waals surface area contributed by atoms with Crippen LogP contribution in [0.15, 0.2) is 24.3 Å². The highest BCUT2D eigenvalue weighted by molar-refractivity contribution is 6.30. The highest BCUT2D eigenvalue weighted by atomic mass is 35.5. The van der Waals surface area contributed by atoms with Gasteiger partial charge in [0.1, 0.15) is 0 Å². The van der Waals surface area contributed by atoms with Gasteiger partial charge in [-0.1, -0.05) is 23.7 Å². The van der Waals surface area contributed by atoms with Gasteiger partial charge in [-0.15, -0.1) is 0 Å². The molecule has 2 heterocycles. The predicted molar refractivity (Wildman–Crippen MR) is 103 cm³/mol. The van der Waals surface area contributed by atoms with Crippen molar-refractivity contribution in [3.05, 3.63) is 46.1 Å². The smallest absolute Gasteiger partial charge is 0.216 e. The predicted octanol–water partition coefficient (Wildman–Crippen LogP) is 2.55. The molecular weight excluding hydrogens is 352 g/mol. The quantitative estimate of drug-likeness (QED) is 0.802. The monoisotopic (exact) mass is 378 g/mol. The Morgan fingerprint density at radius 3 is 2.62 bits per heavy atom. The Morgan fingerprint density at radius 1 is 1.27 bits per heavy atom. The Labute approximate surface area is 160 Å². The molecule has 26 heavy (non-hydrogen) atoms. The van der Waals surface area contributed by atoms with E-state index in [0.717, 1.165) is 61.6 Å². The number of morpholine rings is 1. The largest absolute Gasteiger partial charge is 0.481 e. The maximum absolute atomic E-state index is 6.07. The first-order valence-electron chi connectivity index (χ1n) is 8.94. The molecule has 1 N–H and O–H groups in total. The van der Waals surface area contributed by atoms with E-state index in [-0.39, 0.29) is 6.04 Å². The molecule has 3 rings (SSSR count). The van der Waals surface area contributed by atoms with Gasteiger partial charge in [0.2, 0.25) is 5.88 Å². The van der Waals surface area contributed by atoms with Crippen LogP contribution in [0.4, 0.5) is 0 Å². The van der Waals surface area contributed by atoms with Crippen LogP contribution >= 0.6 is 11.6 Å². The highest BCUT2D eigenvalue weighted by Gasteiger charge is 2.23. The van der Waals surface area contributed by atoms with E-state index in [0.29, 0.717) is 0 Å². The molecule has 0 aliphatic carbocycles. The topological polar surface area (TPSA) is 51.6 Å². The molecule has 0 amide bonds. The third-order valence-corrected chi connectivity index (χ3v) is 5.11. The summed E-state index contributed by atoms with van der Waals surface area (Å²) in [5.74, 6) is 0.810. The van der Waals surface area contributed by atoms with Gasteiger partial charge in [0, 0.05) is 44.3 Å². The first-order chi connectivity index (χ1) is 12.6. The van der Waals surface area contributed by atoms with E-state index in [9.17, 15) is 0 Å². The highest BCUT2D eigenvalue weighted by Crippen LogP contribution is 2.24. The van der Waals surface area contributed by atoms with Crippen LogP contribution in [0.3, 0.4) is 0 Å². The zero-order valence-corrected chi connectivity index (χ0v) is 16.4. The van der Waals surface area contributed by atoms with Gasteiger partial charge in [0.25, 0.3) is 0 Å². The number of aryl methyl sites for hydroxylation is 2. The number of ether oxygens (including phenoxy) is 2. The Bertz CT molecular complexity index is 711. The fraction of sp³-hybridized carbons (Fsp3) is 0.526. The van der Waals surface area contributed by atoms with Crippen molar-refractivity contribution in [3.63, 3.8) is 0 Å². The van der Waals surface area contributed by atoms with Gasteiger partial charge < -0.3 is 14.8 Å². The molecule has 1 aliphatic heterocycles. The van der Waals surface area contributed by atoms with Crippen LogP contribution in [0.5, 0.6) is 5.88 Å². The number of benzene rings is 1. The van der Waals surface area contributed by atoms with E-state index in [1.54, 1.807) is 11.8 Å². The second-order valence-corrected chi connectivity index (χ2v) is 6.98. The fourth-order valence-electron chi connectivity index (χ4n) is 3.51. The molecule has 0 spiro atoms. The summed E-state index contributed by atoms with van der Waals surface area (Å²) in [5, 5.41) is 8.80. The second-order valence-electron chi connectivity index (χ2n) is 6.54. The Morgan fingerprint density at radius 2 is 1.96 bits per heavy atom. The van der Waals surface area contributed by atoms with Crippen molar-refractivity contribution in [1.82, 2.24) is 20.0 Å². The lowest BCUT2D eigenvalue weighted by Gasteiger charge is -2.35. The van der Waals surface area contributed by atoms with Crippen LogP contribution in [0.2, 0.25) is 5.02 Å². The standard InChI is InChI=1S/C19H27ClN4O2/c1-14-17(19(25-3)23(2)22-14)12-21-13-18(24-8-10-26-11-9-24)15-4-6-16(20)7-5-15/h4-7,18,21H,8-13H2,1-3H3. The minimum Gasteiger partial charge on any atom is -0.481 e. The van der Waals surface area contributed by atoms with Gasteiger partial charge in [0.15, 0.2) is 0 Å². The third kappa shape index (κ3) is 4.38. The number of aromatic nitrogens is 2. The van der Waals surface area contributed by atoms with Crippen molar-refractivity contribution in [2.24, 2.45) is 7.05 Å². The molecule has 1 aromatic carbocycles. The van der Waals surface area contributed by atoms with E-state index in [1.165, 1.54) is 5.56 Å². The zero-order chi connectivity index (χ0) is 18.5. The molecule has 2 aromatic rings. The summed E-state index contributed by atoms with van der Waals surface area (Å²) in [6.45, 7) is 6.99. The summed E-state index contributed by atoms with van der Waals surface area (Å²) >= 11 is 6.07. The molecule has 1 aliphatic rings. The van der Waals surface area contributed by atoms with Gasteiger partial charge in [-0.2, -0.15) is 5.10 Å². The first kappa shape index (κ1) is 19.2. The van der Waals surface area contributed by atoms with Gasteiger partial charge in [-0.05, 0) is 24.6 Å². The molecule has 0 bridgehead atoms. The lowest BCUT2D eigenvalue weighted by atomic mass is 10.0. The molecule has 6 nitrogen and oxygen atoms in total. The average Bonchev–Trinajstić information content (AvgIpc) is 2.93. The molecule has 1 saturated heterocycles. The molecular formula is C19H27ClN4O2. The Hall–Kier alpha value is -1.60. The Kier molecular flexibility index (Phi) is 6.53. The van der Waals surface area contributed by atoms with Gasteiger partial charge in [0.05, 0.1) is 31.6 Å². The minimum atomic E-state index is 0.277. The first-order valence-corrected chi connectivity index (χ1v) is 9.32. The number of nitrogens with one attached hydrogen (secondary N) is 1. The summed E-state index contributed by atoms with van der Waals surface area (Å²) in [6.07, 6.45) is 0. The summed E-state index contributed by atoms with van der Waals surface area (Å²) in [5.41, 5.74) is 3.36. The van der Waals surface area contributed by atoms with Crippen molar-refractivity contribution in [1.29, 1.82) is 0 Å². The molecule has 7 heteroatoms. The van der Waals surface area contributed by atoms with Gasteiger partial charge >= 0.3 is 0 Å². The molecule has 0 saturated carbocycles. The van der Waals surface area contributed by atoms with Crippen molar-refractivity contribution in [3.8, 4) is 5.88 Å². The summed E-state index contributed by atoms with van der Waals surface area (Å²) in [6, 6.07) is 8.41. The zero-order valence-electron chi connectivity index (χ0n) is 15.7.